The largest absolute Gasteiger partial charge is 0.338 e. The molecule has 4 aromatic rings. The van der Waals surface area contributed by atoms with Crippen LogP contribution >= 0.6 is 0 Å². The summed E-state index contributed by atoms with van der Waals surface area (Å²) < 4.78 is 2.18. The molecular formula is C24H24N4O. The molecule has 0 radical (unpaired) electrons. The van der Waals surface area contributed by atoms with Crippen molar-refractivity contribution in [3.05, 3.63) is 71.7 Å². The molecule has 5 nitrogen and oxygen atoms in total. The van der Waals surface area contributed by atoms with Crippen LogP contribution in [0.15, 0.2) is 54.6 Å². The second kappa shape index (κ2) is 6.99. The lowest BCUT2D eigenvalue weighted by Crippen LogP contribution is -2.40. The number of fused-ring (bicyclic) bond motifs is 2. The lowest BCUT2D eigenvalue weighted by molar-refractivity contribution is 0.0702. The molecule has 1 amide bonds. The normalized spacial score (nSPS) is 17.2. The molecule has 1 unspecified atom stereocenters. The first-order chi connectivity index (χ1) is 14.1. The van der Waals surface area contributed by atoms with Crippen LogP contribution in [0.2, 0.25) is 0 Å². The number of rotatable bonds is 2. The average Bonchev–Trinajstić information content (AvgIpc) is 3.10. The number of hydrogen-bond donors (Lipinski definition) is 0. The molecule has 1 saturated heterocycles. The van der Waals surface area contributed by atoms with Crippen molar-refractivity contribution in [2.45, 2.75) is 25.7 Å². The molecule has 0 spiro atoms. The van der Waals surface area contributed by atoms with Gasteiger partial charge in [0.05, 0.1) is 27.8 Å². The standard InChI is InChI=1S/C24H24N4O/c1-16-19(14-17-8-3-4-10-20(17)25-16)24(29)28-13-7-9-18(15-28)23-26-21-11-5-6-12-22(21)27(23)2/h3-6,8,10-12,14,18H,7,9,13,15H2,1-2H3. The van der Waals surface area contributed by atoms with Crippen molar-refractivity contribution in [2.75, 3.05) is 13.1 Å². The van der Waals surface area contributed by atoms with E-state index in [0.29, 0.717) is 12.1 Å². The quantitative estimate of drug-likeness (QED) is 0.513. The minimum atomic E-state index is 0.0733. The fraction of sp³-hybridized carbons (Fsp3) is 0.292. The fourth-order valence-corrected chi connectivity index (χ4v) is 4.50. The van der Waals surface area contributed by atoms with Crippen LogP contribution in [0.5, 0.6) is 0 Å². The maximum absolute atomic E-state index is 13.4. The number of carbonyl (C=O) groups excluding carboxylic acids is 1. The second-order valence-corrected chi connectivity index (χ2v) is 7.92. The molecule has 1 aliphatic heterocycles. The number of nitrogens with zero attached hydrogens (tertiary/aromatic N) is 4. The van der Waals surface area contributed by atoms with Gasteiger partial charge in [-0.1, -0.05) is 30.3 Å². The Bertz CT molecular complexity index is 1230. The van der Waals surface area contributed by atoms with E-state index >= 15 is 0 Å². The number of hydrogen-bond acceptors (Lipinski definition) is 3. The molecule has 0 N–H and O–H groups in total. The van der Waals surface area contributed by atoms with Crippen molar-refractivity contribution in [3.63, 3.8) is 0 Å². The van der Waals surface area contributed by atoms with Gasteiger partial charge in [0.15, 0.2) is 0 Å². The molecule has 1 atom stereocenters. The molecule has 2 aromatic carbocycles. The third-order valence-electron chi connectivity index (χ3n) is 6.04. The van der Waals surface area contributed by atoms with Gasteiger partial charge in [0, 0.05) is 31.4 Å². The number of amides is 1. The molecule has 0 bridgehead atoms. The van der Waals surface area contributed by atoms with E-state index in [1.807, 2.05) is 54.3 Å². The summed E-state index contributed by atoms with van der Waals surface area (Å²) in [6.07, 6.45) is 2.04. The first-order valence-corrected chi connectivity index (χ1v) is 10.2. The van der Waals surface area contributed by atoms with Crippen LogP contribution < -0.4 is 0 Å². The van der Waals surface area contributed by atoms with Crippen molar-refractivity contribution in [2.24, 2.45) is 7.05 Å². The summed E-state index contributed by atoms with van der Waals surface area (Å²) in [5.41, 5.74) is 4.58. The van der Waals surface area contributed by atoms with Gasteiger partial charge in [0.25, 0.3) is 5.91 Å². The SMILES string of the molecule is Cc1nc2ccccc2cc1C(=O)N1CCCC(c2nc3ccccc3n2C)C1. The molecule has 29 heavy (non-hydrogen) atoms. The van der Waals surface area contributed by atoms with Gasteiger partial charge in [-0.2, -0.15) is 0 Å². The molecule has 3 heterocycles. The lowest BCUT2D eigenvalue weighted by Gasteiger charge is -2.32. The highest BCUT2D eigenvalue weighted by molar-refractivity contribution is 5.98. The highest BCUT2D eigenvalue weighted by atomic mass is 16.2. The van der Waals surface area contributed by atoms with Crippen LogP contribution in [-0.2, 0) is 7.05 Å². The summed E-state index contributed by atoms with van der Waals surface area (Å²) in [6.45, 7) is 3.40. The Morgan fingerprint density at radius 1 is 1.03 bits per heavy atom. The van der Waals surface area contributed by atoms with Gasteiger partial charge in [-0.15, -0.1) is 0 Å². The number of piperidine rings is 1. The average molecular weight is 384 g/mol. The molecule has 5 heteroatoms. The fourth-order valence-electron chi connectivity index (χ4n) is 4.50. The topological polar surface area (TPSA) is 51.0 Å². The minimum absolute atomic E-state index is 0.0733. The number of aromatic nitrogens is 3. The molecule has 1 fully saturated rings. The number of carbonyl (C=O) groups is 1. The second-order valence-electron chi connectivity index (χ2n) is 7.92. The number of benzene rings is 2. The van der Waals surface area contributed by atoms with Gasteiger partial charge in [-0.05, 0) is 44.0 Å². The monoisotopic (exact) mass is 384 g/mol. The third kappa shape index (κ3) is 3.07. The summed E-state index contributed by atoms with van der Waals surface area (Å²) in [5.74, 6) is 1.39. The van der Waals surface area contributed by atoms with Gasteiger partial charge >= 0.3 is 0 Å². The zero-order valence-corrected chi connectivity index (χ0v) is 16.8. The van der Waals surface area contributed by atoms with Crippen LogP contribution in [0.4, 0.5) is 0 Å². The molecule has 1 aliphatic rings. The zero-order chi connectivity index (χ0) is 20.0. The van der Waals surface area contributed by atoms with Crippen LogP contribution in [0, 0.1) is 6.92 Å². The van der Waals surface area contributed by atoms with Gasteiger partial charge < -0.3 is 9.47 Å². The highest BCUT2D eigenvalue weighted by Crippen LogP contribution is 2.30. The van der Waals surface area contributed by atoms with Crippen LogP contribution in [-0.4, -0.2) is 38.4 Å². The Hall–Kier alpha value is -3.21. The summed E-state index contributed by atoms with van der Waals surface area (Å²) in [6, 6.07) is 18.1. The van der Waals surface area contributed by atoms with Gasteiger partial charge in [-0.25, -0.2) is 4.98 Å². The number of pyridine rings is 1. The maximum atomic E-state index is 13.4. The van der Waals surface area contributed by atoms with E-state index in [1.165, 1.54) is 0 Å². The van der Waals surface area contributed by atoms with Crippen LogP contribution in [0.25, 0.3) is 21.9 Å². The maximum Gasteiger partial charge on any atom is 0.255 e. The summed E-state index contributed by atoms with van der Waals surface area (Å²) in [4.78, 5) is 24.9. The highest BCUT2D eigenvalue weighted by Gasteiger charge is 2.29. The number of aryl methyl sites for hydroxylation is 2. The minimum Gasteiger partial charge on any atom is -0.338 e. The van der Waals surface area contributed by atoms with Crippen molar-refractivity contribution >= 4 is 27.8 Å². The number of imidazole rings is 1. The summed E-state index contributed by atoms with van der Waals surface area (Å²) in [5, 5.41) is 1.00. The van der Waals surface area contributed by atoms with Crippen molar-refractivity contribution < 1.29 is 4.79 Å². The molecule has 2 aromatic heterocycles. The van der Waals surface area contributed by atoms with E-state index < -0.39 is 0 Å². The van der Waals surface area contributed by atoms with Gasteiger partial charge in [0.2, 0.25) is 0 Å². The molecule has 0 saturated carbocycles. The van der Waals surface area contributed by atoms with E-state index in [-0.39, 0.29) is 11.8 Å². The Balaban J connectivity index is 1.45. The summed E-state index contributed by atoms with van der Waals surface area (Å²) >= 11 is 0. The predicted molar refractivity (Wildman–Crippen MR) is 115 cm³/mol. The third-order valence-corrected chi connectivity index (χ3v) is 6.04. The molecule has 5 rings (SSSR count). The molecular weight excluding hydrogens is 360 g/mol. The smallest absolute Gasteiger partial charge is 0.255 e. The van der Waals surface area contributed by atoms with Crippen molar-refractivity contribution in [1.82, 2.24) is 19.4 Å². The Morgan fingerprint density at radius 3 is 2.62 bits per heavy atom. The molecule has 146 valence electrons. The predicted octanol–water partition coefficient (Wildman–Crippen LogP) is 4.45. The first-order valence-electron chi connectivity index (χ1n) is 10.2. The van der Waals surface area contributed by atoms with E-state index in [4.69, 9.17) is 4.98 Å². The van der Waals surface area contributed by atoms with E-state index in [1.54, 1.807) is 0 Å². The van der Waals surface area contributed by atoms with Gasteiger partial charge in [0.1, 0.15) is 5.82 Å². The van der Waals surface area contributed by atoms with Gasteiger partial charge in [-0.3, -0.25) is 9.78 Å². The zero-order valence-electron chi connectivity index (χ0n) is 16.8. The Morgan fingerprint density at radius 2 is 1.79 bits per heavy atom. The Kier molecular flexibility index (Phi) is 4.31. The van der Waals surface area contributed by atoms with Crippen LogP contribution in [0.1, 0.15) is 40.6 Å². The number of likely N-dealkylation sites (tertiary alicyclic amines) is 1. The van der Waals surface area contributed by atoms with E-state index in [0.717, 1.165) is 52.8 Å². The van der Waals surface area contributed by atoms with Crippen LogP contribution in [0.3, 0.4) is 0 Å². The summed E-state index contributed by atoms with van der Waals surface area (Å²) in [7, 11) is 2.07. The Labute approximate surface area is 170 Å². The lowest BCUT2D eigenvalue weighted by atomic mass is 9.96. The van der Waals surface area contributed by atoms with Crippen molar-refractivity contribution in [1.29, 1.82) is 0 Å². The number of para-hydroxylation sites is 3. The van der Waals surface area contributed by atoms with Crippen molar-refractivity contribution in [3.8, 4) is 0 Å². The van der Waals surface area contributed by atoms with E-state index in [2.05, 4.69) is 28.7 Å². The molecule has 0 aliphatic carbocycles. The van der Waals surface area contributed by atoms with E-state index in [9.17, 15) is 4.79 Å². The first kappa shape index (κ1) is 17.9.